The van der Waals surface area contributed by atoms with Crippen LogP contribution in [0, 0.1) is 0 Å². The van der Waals surface area contributed by atoms with Crippen LogP contribution in [-0.2, 0) is 38.3 Å². The van der Waals surface area contributed by atoms with Crippen molar-refractivity contribution in [3.8, 4) is 0 Å². The fourth-order valence-corrected chi connectivity index (χ4v) is 2.16. The van der Waals surface area contributed by atoms with Crippen molar-refractivity contribution in [3.05, 3.63) is 12.2 Å². The van der Waals surface area contributed by atoms with Gasteiger partial charge in [-0.25, -0.2) is 9.59 Å². The van der Waals surface area contributed by atoms with Gasteiger partial charge in [-0.1, -0.05) is 6.58 Å². The van der Waals surface area contributed by atoms with Crippen molar-refractivity contribution in [3.63, 3.8) is 0 Å². The number of hydroxylamine groups is 2. The van der Waals surface area contributed by atoms with Gasteiger partial charge in [-0.05, 0) is 6.92 Å². The summed E-state index contributed by atoms with van der Waals surface area (Å²) >= 11 is 0. The number of ether oxygens (including phenoxy) is 2. The SMILES string of the molecule is C=C(C)C(=O)OCCNC(=O)OCC(F)(F)S(=O)(=O)ON1C(=O)CCC1=O. The summed E-state index contributed by atoms with van der Waals surface area (Å²) in [5.74, 6) is -2.92. The maximum absolute atomic E-state index is 13.7. The Kier molecular flexibility index (Phi) is 7.36. The Morgan fingerprint density at radius 2 is 1.78 bits per heavy atom. The van der Waals surface area contributed by atoms with E-state index < -0.39 is 45.9 Å². The number of amides is 3. The Labute approximate surface area is 152 Å². The van der Waals surface area contributed by atoms with Gasteiger partial charge < -0.3 is 14.8 Å². The smallest absolute Gasteiger partial charge is 0.407 e. The number of hydrogen-bond acceptors (Lipinski definition) is 9. The normalized spacial score (nSPS) is 14.9. The number of nitrogens with zero attached hydrogens (tertiary/aromatic N) is 1. The second kappa shape index (κ2) is 8.85. The summed E-state index contributed by atoms with van der Waals surface area (Å²) in [4.78, 5) is 44.8. The first kappa shape index (κ1) is 22.4. The van der Waals surface area contributed by atoms with Gasteiger partial charge in [-0.3, -0.25) is 9.59 Å². The average Bonchev–Trinajstić information content (AvgIpc) is 2.88. The number of carbonyl (C=O) groups excluding carboxylic acids is 4. The van der Waals surface area contributed by atoms with E-state index in [1.54, 1.807) is 0 Å². The maximum Gasteiger partial charge on any atom is 0.407 e. The van der Waals surface area contributed by atoms with E-state index in [1.807, 2.05) is 5.32 Å². The van der Waals surface area contributed by atoms with Gasteiger partial charge in [0, 0.05) is 18.4 Å². The molecule has 1 saturated heterocycles. The molecule has 11 nitrogen and oxygen atoms in total. The molecule has 0 aromatic heterocycles. The van der Waals surface area contributed by atoms with Crippen LogP contribution in [0.3, 0.4) is 0 Å². The summed E-state index contributed by atoms with van der Waals surface area (Å²) in [6, 6.07) is 0. The lowest BCUT2D eigenvalue weighted by atomic mass is 10.4. The number of hydrogen-bond donors (Lipinski definition) is 1. The number of alkyl carbamates (subject to hydrolysis) is 1. The largest absolute Gasteiger partial charge is 0.460 e. The van der Waals surface area contributed by atoms with Crippen molar-refractivity contribution < 1.29 is 50.1 Å². The number of rotatable bonds is 9. The number of carbonyl (C=O) groups is 4. The van der Waals surface area contributed by atoms with E-state index >= 15 is 0 Å². The zero-order chi connectivity index (χ0) is 20.8. The van der Waals surface area contributed by atoms with Crippen LogP contribution in [0.5, 0.6) is 0 Å². The third-order valence-electron chi connectivity index (χ3n) is 2.87. The van der Waals surface area contributed by atoms with Crippen LogP contribution in [0.1, 0.15) is 19.8 Å². The molecule has 0 atom stereocenters. The van der Waals surface area contributed by atoms with Crippen LogP contribution in [0.2, 0.25) is 0 Å². The molecule has 1 aliphatic rings. The highest BCUT2D eigenvalue weighted by Crippen LogP contribution is 2.26. The molecule has 0 saturated carbocycles. The topological polar surface area (TPSA) is 145 Å². The molecule has 1 fully saturated rings. The summed E-state index contributed by atoms with van der Waals surface area (Å²) in [6.45, 7) is 2.15. The summed E-state index contributed by atoms with van der Waals surface area (Å²) < 4.78 is 63.0. The van der Waals surface area contributed by atoms with Crippen molar-refractivity contribution >= 4 is 34.0 Å². The van der Waals surface area contributed by atoms with E-state index in [1.165, 1.54) is 6.92 Å². The van der Waals surface area contributed by atoms with Crippen molar-refractivity contribution in [1.29, 1.82) is 0 Å². The minimum absolute atomic E-state index is 0.109. The molecule has 152 valence electrons. The van der Waals surface area contributed by atoms with Gasteiger partial charge in [0.15, 0.2) is 6.61 Å². The van der Waals surface area contributed by atoms with Crippen LogP contribution < -0.4 is 5.32 Å². The lowest BCUT2D eigenvalue weighted by Crippen LogP contribution is -2.43. The Morgan fingerprint density at radius 1 is 1.22 bits per heavy atom. The van der Waals surface area contributed by atoms with E-state index in [2.05, 4.69) is 20.3 Å². The van der Waals surface area contributed by atoms with Gasteiger partial charge in [-0.15, -0.1) is 9.35 Å². The monoisotopic (exact) mass is 414 g/mol. The van der Waals surface area contributed by atoms with Crippen molar-refractivity contribution in [2.75, 3.05) is 19.8 Å². The number of nitrogens with one attached hydrogen (secondary N) is 1. The molecule has 3 amide bonds. The van der Waals surface area contributed by atoms with E-state index in [9.17, 15) is 36.4 Å². The van der Waals surface area contributed by atoms with Gasteiger partial charge in [0.1, 0.15) is 6.61 Å². The molecule has 1 rings (SSSR count). The number of imide groups is 1. The Morgan fingerprint density at radius 3 is 2.30 bits per heavy atom. The first-order chi connectivity index (χ1) is 12.4. The molecule has 0 bridgehead atoms. The third-order valence-corrected chi connectivity index (χ3v) is 4.06. The van der Waals surface area contributed by atoms with Crippen LogP contribution in [0.15, 0.2) is 12.2 Å². The highest BCUT2D eigenvalue weighted by molar-refractivity contribution is 7.87. The molecular weight excluding hydrogens is 398 g/mol. The highest BCUT2D eigenvalue weighted by atomic mass is 32.2. The van der Waals surface area contributed by atoms with Crippen molar-refractivity contribution in [2.24, 2.45) is 0 Å². The lowest BCUT2D eigenvalue weighted by Gasteiger charge is -2.19. The second-order valence-electron chi connectivity index (χ2n) is 5.17. The fourth-order valence-electron chi connectivity index (χ4n) is 1.48. The molecule has 1 aliphatic heterocycles. The van der Waals surface area contributed by atoms with E-state index in [0.717, 1.165) is 0 Å². The molecule has 0 spiro atoms. The molecule has 0 unspecified atom stereocenters. The molecule has 0 aromatic rings. The summed E-state index contributed by atoms with van der Waals surface area (Å²) in [7, 11) is -5.78. The van der Waals surface area contributed by atoms with E-state index in [4.69, 9.17) is 0 Å². The summed E-state index contributed by atoms with van der Waals surface area (Å²) in [5, 5.41) is -3.08. The first-order valence-electron chi connectivity index (χ1n) is 7.28. The van der Waals surface area contributed by atoms with Crippen LogP contribution in [-0.4, -0.2) is 62.4 Å². The van der Waals surface area contributed by atoms with Crippen molar-refractivity contribution in [2.45, 2.75) is 25.0 Å². The molecule has 0 aromatic carbocycles. The number of esters is 1. The standard InChI is InChI=1S/C13H16F2N2O9S/c1-8(2)11(20)24-6-5-16-12(21)25-7-13(14,15)27(22,23)26-17-9(18)3-4-10(17)19/h1,3-7H2,2H3,(H,16,21). The molecule has 14 heteroatoms. The Balaban J connectivity index is 2.48. The molecule has 27 heavy (non-hydrogen) atoms. The third kappa shape index (κ3) is 6.25. The molecule has 1 heterocycles. The second-order valence-corrected chi connectivity index (χ2v) is 6.82. The van der Waals surface area contributed by atoms with Gasteiger partial charge >= 0.3 is 27.4 Å². The fraction of sp³-hybridized carbons (Fsp3) is 0.538. The quantitative estimate of drug-likeness (QED) is 0.235. The first-order valence-corrected chi connectivity index (χ1v) is 8.69. The van der Waals surface area contributed by atoms with Crippen molar-refractivity contribution in [1.82, 2.24) is 10.4 Å². The molecule has 0 aliphatic carbocycles. The summed E-state index contributed by atoms with van der Waals surface area (Å²) in [6.07, 6.45) is -2.19. The van der Waals surface area contributed by atoms with Gasteiger partial charge in [-0.2, -0.15) is 17.2 Å². The summed E-state index contributed by atoms with van der Waals surface area (Å²) in [5.41, 5.74) is 0.109. The molecular formula is C13H16F2N2O9S. The Bertz CT molecular complexity index is 735. The van der Waals surface area contributed by atoms with Gasteiger partial charge in [0.05, 0.1) is 6.54 Å². The number of alkyl halides is 2. The number of halogens is 2. The van der Waals surface area contributed by atoms with Crippen LogP contribution in [0.25, 0.3) is 0 Å². The molecule has 1 N–H and O–H groups in total. The zero-order valence-electron chi connectivity index (χ0n) is 14.0. The van der Waals surface area contributed by atoms with Crippen LogP contribution in [0.4, 0.5) is 13.6 Å². The van der Waals surface area contributed by atoms with Gasteiger partial charge in [0.25, 0.3) is 11.8 Å². The van der Waals surface area contributed by atoms with E-state index in [0.29, 0.717) is 0 Å². The average molecular weight is 414 g/mol. The maximum atomic E-state index is 13.7. The minimum atomic E-state index is -5.78. The lowest BCUT2D eigenvalue weighted by molar-refractivity contribution is -0.165. The highest BCUT2D eigenvalue weighted by Gasteiger charge is 2.51. The predicted octanol–water partition coefficient (Wildman–Crippen LogP) is -0.165. The minimum Gasteiger partial charge on any atom is -0.460 e. The zero-order valence-corrected chi connectivity index (χ0v) is 14.8. The van der Waals surface area contributed by atoms with E-state index in [-0.39, 0.29) is 36.6 Å². The predicted molar refractivity (Wildman–Crippen MR) is 81.2 cm³/mol. The molecule has 0 radical (unpaired) electrons. The van der Waals surface area contributed by atoms with Gasteiger partial charge in [0.2, 0.25) is 0 Å². The van der Waals surface area contributed by atoms with Crippen LogP contribution >= 0.6 is 0 Å². The Hall–Kier alpha value is -2.61.